The van der Waals surface area contributed by atoms with Crippen LogP contribution in [-0.4, -0.2) is 45.4 Å². The number of carbonyl (C=O) groups excluding carboxylic acids is 3. The van der Waals surface area contributed by atoms with E-state index in [4.69, 9.17) is 0 Å². The van der Waals surface area contributed by atoms with E-state index in [9.17, 15) is 18.8 Å². The number of halogens is 1. The Kier molecular flexibility index (Phi) is 7.49. The van der Waals surface area contributed by atoms with E-state index < -0.39 is 11.7 Å². The number of Topliss-reactive ketones (excluding diaryl/α,β-unsaturated/α-hetero) is 1. The van der Waals surface area contributed by atoms with Gasteiger partial charge in [-0.05, 0) is 50.2 Å². The van der Waals surface area contributed by atoms with Gasteiger partial charge in [-0.25, -0.2) is 9.07 Å². The predicted octanol–water partition coefficient (Wildman–Crippen LogP) is 4.10. The highest BCUT2D eigenvalue weighted by atomic mass is 19.1. The zero-order valence-corrected chi connectivity index (χ0v) is 18.0. The van der Waals surface area contributed by atoms with Crippen LogP contribution in [0.3, 0.4) is 0 Å². The van der Waals surface area contributed by atoms with Gasteiger partial charge >= 0.3 is 0 Å². The molecule has 166 valence electrons. The second kappa shape index (κ2) is 10.5. The Labute approximate surface area is 185 Å². The number of amides is 2. The molecule has 2 amide bonds. The molecule has 0 aliphatic heterocycles. The lowest BCUT2D eigenvalue weighted by atomic mass is 10.1. The minimum absolute atomic E-state index is 0.0454. The van der Waals surface area contributed by atoms with Gasteiger partial charge in [0.05, 0.1) is 11.9 Å². The number of para-hydroxylation sites is 1. The van der Waals surface area contributed by atoms with Gasteiger partial charge in [0.25, 0.3) is 5.91 Å². The van der Waals surface area contributed by atoms with Crippen LogP contribution in [0.4, 0.5) is 10.2 Å². The van der Waals surface area contributed by atoms with Crippen molar-refractivity contribution < 1.29 is 18.8 Å². The first-order chi connectivity index (χ1) is 15.4. The maximum atomic E-state index is 13.1. The molecule has 8 heteroatoms. The second-order valence-electron chi connectivity index (χ2n) is 7.11. The fraction of sp³-hybridized carbons (Fsp3) is 0.250. The van der Waals surface area contributed by atoms with E-state index >= 15 is 0 Å². The van der Waals surface area contributed by atoms with Gasteiger partial charge in [0.15, 0.2) is 5.78 Å². The highest BCUT2D eigenvalue weighted by Crippen LogP contribution is 2.22. The fourth-order valence-electron chi connectivity index (χ4n) is 3.27. The van der Waals surface area contributed by atoms with E-state index in [1.807, 2.05) is 44.2 Å². The van der Waals surface area contributed by atoms with Crippen LogP contribution >= 0.6 is 0 Å². The normalized spacial score (nSPS) is 10.6. The summed E-state index contributed by atoms with van der Waals surface area (Å²) in [5, 5.41) is 7.07. The smallest absolute Gasteiger partial charge is 0.259 e. The lowest BCUT2D eigenvalue weighted by Gasteiger charge is -2.19. The molecule has 0 aliphatic rings. The first-order valence-electron chi connectivity index (χ1n) is 10.5. The zero-order valence-electron chi connectivity index (χ0n) is 18.0. The molecule has 32 heavy (non-hydrogen) atoms. The molecule has 0 aliphatic carbocycles. The lowest BCUT2D eigenvalue weighted by Crippen LogP contribution is -2.31. The minimum atomic E-state index is -0.432. The van der Waals surface area contributed by atoms with Crippen molar-refractivity contribution in [3.05, 3.63) is 77.7 Å². The Morgan fingerprint density at radius 2 is 1.62 bits per heavy atom. The van der Waals surface area contributed by atoms with Crippen molar-refractivity contribution in [3.63, 3.8) is 0 Å². The van der Waals surface area contributed by atoms with Crippen LogP contribution < -0.4 is 5.32 Å². The molecule has 0 unspecified atom stereocenters. The number of benzene rings is 2. The quantitative estimate of drug-likeness (QED) is 0.512. The van der Waals surface area contributed by atoms with Crippen LogP contribution in [0.1, 0.15) is 47.4 Å². The zero-order chi connectivity index (χ0) is 23.1. The third-order valence-electron chi connectivity index (χ3n) is 5.05. The summed E-state index contributed by atoms with van der Waals surface area (Å²) < 4.78 is 14.5. The summed E-state index contributed by atoms with van der Waals surface area (Å²) in [7, 11) is 0. The van der Waals surface area contributed by atoms with Crippen molar-refractivity contribution in [3.8, 4) is 5.69 Å². The third kappa shape index (κ3) is 5.26. The molecule has 1 aromatic heterocycles. The number of hydrogen-bond acceptors (Lipinski definition) is 4. The van der Waals surface area contributed by atoms with Gasteiger partial charge in [-0.15, -0.1) is 0 Å². The SMILES string of the molecule is CCN(CC)C(=O)c1cnn(-c2ccccc2)c1NC(=O)CCC(=O)c1ccc(F)cc1. The summed E-state index contributed by atoms with van der Waals surface area (Å²) in [5.41, 5.74) is 1.30. The van der Waals surface area contributed by atoms with E-state index in [2.05, 4.69) is 10.4 Å². The predicted molar refractivity (Wildman–Crippen MR) is 119 cm³/mol. The molecule has 0 spiro atoms. The molecular formula is C24H25FN4O3. The number of nitrogens with zero attached hydrogens (tertiary/aromatic N) is 3. The number of aromatic nitrogens is 2. The Morgan fingerprint density at radius 1 is 0.969 bits per heavy atom. The summed E-state index contributed by atoms with van der Waals surface area (Å²) in [6.45, 7) is 4.79. The topological polar surface area (TPSA) is 84.3 Å². The molecule has 1 N–H and O–H groups in total. The molecule has 0 fully saturated rings. The van der Waals surface area contributed by atoms with Crippen LogP contribution in [-0.2, 0) is 4.79 Å². The molecule has 0 radical (unpaired) electrons. The molecule has 0 bridgehead atoms. The first kappa shape index (κ1) is 22.9. The van der Waals surface area contributed by atoms with Gasteiger partial charge in [-0.1, -0.05) is 18.2 Å². The van der Waals surface area contributed by atoms with E-state index in [1.165, 1.54) is 35.1 Å². The van der Waals surface area contributed by atoms with Crippen LogP contribution in [0, 0.1) is 5.82 Å². The van der Waals surface area contributed by atoms with E-state index in [0.717, 1.165) is 0 Å². The molecule has 7 nitrogen and oxygen atoms in total. The maximum absolute atomic E-state index is 13.1. The van der Waals surface area contributed by atoms with Crippen molar-refractivity contribution in [2.75, 3.05) is 18.4 Å². The van der Waals surface area contributed by atoms with Gasteiger partial charge in [-0.3, -0.25) is 14.4 Å². The number of hydrogen-bond donors (Lipinski definition) is 1. The summed E-state index contributed by atoms with van der Waals surface area (Å²) in [4.78, 5) is 39.6. The molecule has 0 saturated carbocycles. The van der Waals surface area contributed by atoms with Crippen LogP contribution in [0.2, 0.25) is 0 Å². The molecule has 0 saturated heterocycles. The molecule has 3 rings (SSSR count). The van der Waals surface area contributed by atoms with Gasteiger partial charge in [0.1, 0.15) is 17.2 Å². The van der Waals surface area contributed by atoms with Crippen LogP contribution in [0.5, 0.6) is 0 Å². The first-order valence-corrected chi connectivity index (χ1v) is 10.5. The number of rotatable bonds is 9. The molecule has 1 heterocycles. The van der Waals surface area contributed by atoms with Crippen molar-refractivity contribution in [1.29, 1.82) is 0 Å². The van der Waals surface area contributed by atoms with Gasteiger partial charge < -0.3 is 10.2 Å². The summed E-state index contributed by atoms with van der Waals surface area (Å²) >= 11 is 0. The van der Waals surface area contributed by atoms with Gasteiger partial charge in [-0.2, -0.15) is 5.10 Å². The lowest BCUT2D eigenvalue weighted by molar-refractivity contribution is -0.116. The van der Waals surface area contributed by atoms with Crippen molar-refractivity contribution in [2.24, 2.45) is 0 Å². The number of ketones is 1. The average molecular weight is 436 g/mol. The number of nitrogens with one attached hydrogen (secondary N) is 1. The van der Waals surface area contributed by atoms with E-state index in [-0.39, 0.29) is 35.9 Å². The average Bonchev–Trinajstić information content (AvgIpc) is 3.22. The Morgan fingerprint density at radius 3 is 2.25 bits per heavy atom. The maximum Gasteiger partial charge on any atom is 0.259 e. The number of anilines is 1. The molecule has 3 aromatic rings. The Hall–Kier alpha value is -3.81. The van der Waals surface area contributed by atoms with Gasteiger partial charge in [0, 0.05) is 31.5 Å². The molecule has 0 atom stereocenters. The highest BCUT2D eigenvalue weighted by molar-refractivity contribution is 6.04. The minimum Gasteiger partial charge on any atom is -0.339 e. The largest absolute Gasteiger partial charge is 0.339 e. The summed E-state index contributed by atoms with van der Waals surface area (Å²) in [6, 6.07) is 14.3. The van der Waals surface area contributed by atoms with Crippen molar-refractivity contribution >= 4 is 23.4 Å². The monoisotopic (exact) mass is 436 g/mol. The van der Waals surface area contributed by atoms with E-state index in [0.29, 0.717) is 24.3 Å². The fourth-order valence-corrected chi connectivity index (χ4v) is 3.27. The van der Waals surface area contributed by atoms with Crippen molar-refractivity contribution in [1.82, 2.24) is 14.7 Å². The highest BCUT2D eigenvalue weighted by Gasteiger charge is 2.23. The standard InChI is InChI=1S/C24H25FN4O3/c1-3-28(4-2)24(32)20-16-26-29(19-8-6-5-7-9-19)23(20)27-22(31)15-14-21(30)17-10-12-18(25)13-11-17/h5-13,16H,3-4,14-15H2,1-2H3,(H,27,31). The van der Waals surface area contributed by atoms with Crippen molar-refractivity contribution in [2.45, 2.75) is 26.7 Å². The second-order valence-corrected chi connectivity index (χ2v) is 7.11. The summed E-state index contributed by atoms with van der Waals surface area (Å²) in [5.74, 6) is -1.11. The molecular weight excluding hydrogens is 411 g/mol. The molecule has 2 aromatic carbocycles. The third-order valence-corrected chi connectivity index (χ3v) is 5.05. The Balaban J connectivity index is 1.80. The van der Waals surface area contributed by atoms with Gasteiger partial charge in [0.2, 0.25) is 5.91 Å². The van der Waals surface area contributed by atoms with Crippen LogP contribution in [0.15, 0.2) is 60.8 Å². The van der Waals surface area contributed by atoms with E-state index in [1.54, 1.807) is 4.90 Å². The summed E-state index contributed by atoms with van der Waals surface area (Å²) in [6.07, 6.45) is 1.30. The number of carbonyl (C=O) groups is 3. The van der Waals surface area contributed by atoms with Crippen LogP contribution in [0.25, 0.3) is 5.69 Å². The Bertz CT molecular complexity index is 1090.